The number of hydrogen-bond donors (Lipinski definition) is 0. The molecule has 2 heterocycles. The van der Waals surface area contributed by atoms with E-state index in [1.165, 1.54) is 4.88 Å². The molecule has 0 aliphatic rings. The smallest absolute Gasteiger partial charge is 0.262 e. The fourth-order valence-electron chi connectivity index (χ4n) is 1.48. The van der Waals surface area contributed by atoms with Crippen LogP contribution in [0.1, 0.15) is 11.8 Å². The molecule has 0 radical (unpaired) electrons. The van der Waals surface area contributed by atoms with E-state index in [2.05, 4.69) is 34.4 Å². The Morgan fingerprint density at radius 1 is 1.69 bits per heavy atom. The summed E-state index contributed by atoms with van der Waals surface area (Å²) in [7, 11) is 0. The van der Waals surface area contributed by atoms with Crippen molar-refractivity contribution in [1.82, 2.24) is 9.55 Å². The zero-order valence-electron chi connectivity index (χ0n) is 8.86. The highest BCUT2D eigenvalue weighted by Gasteiger charge is 2.08. The Labute approximate surface area is 106 Å². The largest absolute Gasteiger partial charge is 0.294 e. The molecule has 3 nitrogen and oxygen atoms in total. The van der Waals surface area contributed by atoms with Gasteiger partial charge in [-0.25, -0.2) is 4.98 Å². The number of thiophene rings is 1. The average Bonchev–Trinajstić information content (AvgIpc) is 2.65. The van der Waals surface area contributed by atoms with E-state index in [-0.39, 0.29) is 5.56 Å². The van der Waals surface area contributed by atoms with Gasteiger partial charge in [0.1, 0.15) is 4.83 Å². The lowest BCUT2D eigenvalue weighted by Gasteiger charge is -2.02. The Morgan fingerprint density at radius 2 is 2.44 bits per heavy atom. The standard InChI is InChI=1S/C11H11BrN2OS/c1-3-8-4-9-10(16-8)13-6-14(11(9)15)5-7(2)12/h4,6H,2-3,5H2,1H3. The van der Waals surface area contributed by atoms with Crippen LogP contribution < -0.4 is 5.56 Å². The molecule has 0 aromatic carbocycles. The second-order valence-corrected chi connectivity index (χ2v) is 5.72. The second kappa shape index (κ2) is 4.51. The highest BCUT2D eigenvalue weighted by Crippen LogP contribution is 2.21. The van der Waals surface area contributed by atoms with Gasteiger partial charge in [0, 0.05) is 9.36 Å². The first-order valence-corrected chi connectivity index (χ1v) is 6.54. The van der Waals surface area contributed by atoms with Gasteiger partial charge < -0.3 is 0 Å². The first-order chi connectivity index (χ1) is 7.61. The Kier molecular flexibility index (Phi) is 3.25. The molecule has 0 saturated carbocycles. The predicted octanol–water partition coefficient (Wildman–Crippen LogP) is 2.93. The third-order valence-corrected chi connectivity index (χ3v) is 3.70. The van der Waals surface area contributed by atoms with Crippen LogP contribution in [0.15, 0.2) is 28.2 Å². The van der Waals surface area contributed by atoms with Crippen molar-refractivity contribution in [1.29, 1.82) is 0 Å². The molecule has 0 aliphatic heterocycles. The third-order valence-electron chi connectivity index (χ3n) is 2.26. The minimum absolute atomic E-state index is 0.00144. The predicted molar refractivity (Wildman–Crippen MR) is 71.3 cm³/mol. The molecular formula is C11H11BrN2OS. The minimum atomic E-state index is 0.00144. The summed E-state index contributed by atoms with van der Waals surface area (Å²) in [6, 6.07) is 1.93. The summed E-state index contributed by atoms with van der Waals surface area (Å²) in [5.41, 5.74) is 0.00144. The summed E-state index contributed by atoms with van der Waals surface area (Å²) in [5, 5.41) is 0.707. The zero-order chi connectivity index (χ0) is 11.7. The van der Waals surface area contributed by atoms with Gasteiger partial charge in [0.05, 0.1) is 18.3 Å². The number of allylic oxidation sites excluding steroid dienone is 1. The number of hydrogen-bond acceptors (Lipinski definition) is 3. The number of halogens is 1. The Hall–Kier alpha value is -0.940. The minimum Gasteiger partial charge on any atom is -0.294 e. The molecule has 16 heavy (non-hydrogen) atoms. The average molecular weight is 299 g/mol. The van der Waals surface area contributed by atoms with Crippen molar-refractivity contribution in [2.45, 2.75) is 19.9 Å². The molecule has 0 bridgehead atoms. The number of aryl methyl sites for hydroxylation is 1. The van der Waals surface area contributed by atoms with E-state index in [0.29, 0.717) is 11.9 Å². The fraction of sp³-hybridized carbons (Fsp3) is 0.273. The van der Waals surface area contributed by atoms with Crippen LogP contribution in [-0.2, 0) is 13.0 Å². The Balaban J connectivity index is 2.59. The van der Waals surface area contributed by atoms with Crippen molar-refractivity contribution in [3.05, 3.63) is 38.7 Å². The number of rotatable bonds is 3. The lowest BCUT2D eigenvalue weighted by molar-refractivity contribution is 0.764. The van der Waals surface area contributed by atoms with E-state index in [1.54, 1.807) is 22.2 Å². The topological polar surface area (TPSA) is 34.9 Å². The Bertz CT molecular complexity index is 600. The molecular weight excluding hydrogens is 288 g/mol. The van der Waals surface area contributed by atoms with Crippen LogP contribution >= 0.6 is 27.3 Å². The summed E-state index contributed by atoms with van der Waals surface area (Å²) >= 11 is 4.83. The Morgan fingerprint density at radius 3 is 3.06 bits per heavy atom. The lowest BCUT2D eigenvalue weighted by Crippen LogP contribution is -2.19. The van der Waals surface area contributed by atoms with Crippen molar-refractivity contribution in [2.75, 3.05) is 0 Å². The monoisotopic (exact) mass is 298 g/mol. The molecule has 2 aromatic heterocycles. The van der Waals surface area contributed by atoms with E-state index >= 15 is 0 Å². The van der Waals surface area contributed by atoms with Gasteiger partial charge in [-0.1, -0.05) is 29.4 Å². The highest BCUT2D eigenvalue weighted by atomic mass is 79.9. The maximum atomic E-state index is 12.1. The summed E-state index contributed by atoms with van der Waals surface area (Å²) < 4.78 is 2.33. The van der Waals surface area contributed by atoms with E-state index in [1.807, 2.05) is 6.07 Å². The fourth-order valence-corrected chi connectivity index (χ4v) is 2.68. The van der Waals surface area contributed by atoms with Crippen LogP contribution in [0, 0.1) is 0 Å². The van der Waals surface area contributed by atoms with Crippen molar-refractivity contribution in [2.24, 2.45) is 0 Å². The van der Waals surface area contributed by atoms with Crippen LogP contribution in [0.2, 0.25) is 0 Å². The second-order valence-electron chi connectivity index (χ2n) is 3.48. The molecule has 84 valence electrons. The summed E-state index contributed by atoms with van der Waals surface area (Å²) in [6.07, 6.45) is 2.51. The van der Waals surface area contributed by atoms with Gasteiger partial charge in [0.25, 0.3) is 5.56 Å². The molecule has 0 aliphatic carbocycles. The molecule has 2 aromatic rings. The molecule has 0 fully saturated rings. The van der Waals surface area contributed by atoms with E-state index in [4.69, 9.17) is 0 Å². The lowest BCUT2D eigenvalue weighted by atomic mass is 10.3. The van der Waals surface area contributed by atoms with Crippen molar-refractivity contribution in [3.8, 4) is 0 Å². The normalized spacial score (nSPS) is 10.9. The number of aromatic nitrogens is 2. The molecule has 0 spiro atoms. The molecule has 0 unspecified atom stereocenters. The third kappa shape index (κ3) is 2.10. The van der Waals surface area contributed by atoms with Gasteiger partial charge in [0.15, 0.2) is 0 Å². The van der Waals surface area contributed by atoms with Crippen LogP contribution in [0.25, 0.3) is 10.2 Å². The molecule has 0 saturated heterocycles. The van der Waals surface area contributed by atoms with Gasteiger partial charge >= 0.3 is 0 Å². The molecule has 5 heteroatoms. The van der Waals surface area contributed by atoms with Gasteiger partial charge in [-0.3, -0.25) is 9.36 Å². The van der Waals surface area contributed by atoms with Crippen LogP contribution in [0.4, 0.5) is 0 Å². The van der Waals surface area contributed by atoms with E-state index < -0.39 is 0 Å². The van der Waals surface area contributed by atoms with Crippen molar-refractivity contribution >= 4 is 37.5 Å². The number of nitrogens with zero attached hydrogens (tertiary/aromatic N) is 2. The first kappa shape index (κ1) is 11.5. The molecule has 0 N–H and O–H groups in total. The first-order valence-electron chi connectivity index (χ1n) is 4.93. The van der Waals surface area contributed by atoms with Crippen LogP contribution in [0.3, 0.4) is 0 Å². The maximum absolute atomic E-state index is 12.1. The molecule has 2 rings (SSSR count). The SMILES string of the molecule is C=C(Br)Cn1cnc2sc(CC)cc2c1=O. The number of fused-ring (bicyclic) bond motifs is 1. The van der Waals surface area contributed by atoms with Crippen molar-refractivity contribution in [3.63, 3.8) is 0 Å². The quantitative estimate of drug-likeness (QED) is 0.873. The van der Waals surface area contributed by atoms with Gasteiger partial charge in [-0.05, 0) is 12.5 Å². The van der Waals surface area contributed by atoms with E-state index in [0.717, 1.165) is 15.7 Å². The summed E-state index contributed by atoms with van der Waals surface area (Å²) in [4.78, 5) is 18.4. The van der Waals surface area contributed by atoms with Gasteiger partial charge in [-0.15, -0.1) is 11.3 Å². The summed E-state index contributed by atoms with van der Waals surface area (Å²) in [6.45, 7) is 6.26. The van der Waals surface area contributed by atoms with E-state index in [9.17, 15) is 4.79 Å². The summed E-state index contributed by atoms with van der Waals surface area (Å²) in [5.74, 6) is 0. The zero-order valence-corrected chi connectivity index (χ0v) is 11.3. The molecule has 0 amide bonds. The highest BCUT2D eigenvalue weighted by molar-refractivity contribution is 9.11. The maximum Gasteiger partial charge on any atom is 0.262 e. The van der Waals surface area contributed by atoms with Gasteiger partial charge in [-0.2, -0.15) is 0 Å². The van der Waals surface area contributed by atoms with Crippen LogP contribution in [0.5, 0.6) is 0 Å². The van der Waals surface area contributed by atoms with Gasteiger partial charge in [0.2, 0.25) is 0 Å². The van der Waals surface area contributed by atoms with Crippen LogP contribution in [-0.4, -0.2) is 9.55 Å². The molecule has 0 atom stereocenters. The van der Waals surface area contributed by atoms with Crippen molar-refractivity contribution < 1.29 is 0 Å².